The fraction of sp³-hybridized carbons (Fsp3) is 0.500. The second-order valence-electron chi connectivity index (χ2n) is 3.51. The van der Waals surface area contributed by atoms with E-state index in [1.54, 1.807) is 6.20 Å². The van der Waals surface area contributed by atoms with Gasteiger partial charge in [-0.1, -0.05) is 13.8 Å². The molecule has 0 radical (unpaired) electrons. The number of anilines is 2. The zero-order valence-corrected chi connectivity index (χ0v) is 7.59. The summed E-state index contributed by atoms with van der Waals surface area (Å²) in [5.74, 6) is 1.05. The third-order valence-electron chi connectivity index (χ3n) is 2.15. The van der Waals surface area contributed by atoms with Gasteiger partial charge in [-0.3, -0.25) is 9.89 Å². The number of hydrogen-bond donors (Lipinski definition) is 3. The zero-order valence-electron chi connectivity index (χ0n) is 7.59. The molecule has 5 nitrogen and oxygen atoms in total. The Balaban J connectivity index is 2.27. The molecule has 1 aliphatic rings. The van der Waals surface area contributed by atoms with Gasteiger partial charge in [0.2, 0.25) is 5.91 Å². The molecule has 1 atom stereocenters. The van der Waals surface area contributed by atoms with Gasteiger partial charge >= 0.3 is 0 Å². The Bertz CT molecular complexity index is 331. The number of H-pyrrole nitrogens is 1. The molecule has 2 heterocycles. The van der Waals surface area contributed by atoms with E-state index in [0.717, 1.165) is 11.5 Å². The number of nitrogens with zero attached hydrogens (tertiary/aromatic N) is 1. The van der Waals surface area contributed by atoms with Crippen LogP contribution in [0, 0.1) is 5.92 Å². The molecule has 0 spiro atoms. The largest absolute Gasteiger partial charge is 0.357 e. The lowest BCUT2D eigenvalue weighted by Crippen LogP contribution is -2.42. The third kappa shape index (κ3) is 1.26. The van der Waals surface area contributed by atoms with Crippen LogP contribution in [0.25, 0.3) is 0 Å². The molecule has 1 amide bonds. The summed E-state index contributed by atoms with van der Waals surface area (Å²) in [6.07, 6.45) is 1.59. The summed E-state index contributed by atoms with van der Waals surface area (Å²) in [5, 5.41) is 12.5. The summed E-state index contributed by atoms with van der Waals surface area (Å²) in [5.41, 5.74) is 0.724. The highest BCUT2D eigenvalue weighted by atomic mass is 16.2. The van der Waals surface area contributed by atoms with Gasteiger partial charge in [-0.05, 0) is 5.92 Å². The number of amides is 1. The first-order chi connectivity index (χ1) is 6.18. The summed E-state index contributed by atoms with van der Waals surface area (Å²) in [7, 11) is 0. The lowest BCUT2D eigenvalue weighted by molar-refractivity contribution is -0.117. The van der Waals surface area contributed by atoms with Crippen molar-refractivity contribution in [3.8, 4) is 0 Å². The van der Waals surface area contributed by atoms with Crippen molar-refractivity contribution in [2.75, 3.05) is 10.6 Å². The van der Waals surface area contributed by atoms with Crippen LogP contribution < -0.4 is 10.6 Å². The maximum atomic E-state index is 11.5. The maximum absolute atomic E-state index is 11.5. The summed E-state index contributed by atoms with van der Waals surface area (Å²) in [6, 6.07) is -0.173. The highest BCUT2D eigenvalue weighted by molar-refractivity contribution is 6.02. The molecule has 1 unspecified atom stereocenters. The van der Waals surface area contributed by atoms with Crippen LogP contribution in [0.1, 0.15) is 13.8 Å². The van der Waals surface area contributed by atoms with Gasteiger partial charge in [0, 0.05) is 0 Å². The van der Waals surface area contributed by atoms with Gasteiger partial charge in [-0.2, -0.15) is 5.10 Å². The molecule has 0 bridgehead atoms. The van der Waals surface area contributed by atoms with Crippen molar-refractivity contribution in [2.45, 2.75) is 19.9 Å². The van der Waals surface area contributed by atoms with Crippen LogP contribution >= 0.6 is 0 Å². The van der Waals surface area contributed by atoms with Crippen molar-refractivity contribution in [3.63, 3.8) is 0 Å². The third-order valence-corrected chi connectivity index (χ3v) is 2.15. The molecule has 0 saturated heterocycles. The van der Waals surface area contributed by atoms with E-state index in [-0.39, 0.29) is 17.9 Å². The molecule has 0 fully saturated rings. The molecule has 2 rings (SSSR count). The first kappa shape index (κ1) is 8.10. The standard InChI is InChI=1S/C8H12N4O/c1-4(2)6-8(13)10-5-3-9-12-7(5)11-6/h3-4,6H,1-2H3,(H,10,13)(H2,9,11,12). The van der Waals surface area contributed by atoms with E-state index in [0.29, 0.717) is 0 Å². The molecule has 0 aromatic carbocycles. The van der Waals surface area contributed by atoms with Crippen molar-refractivity contribution >= 4 is 17.4 Å². The minimum atomic E-state index is -0.173. The highest BCUT2D eigenvalue weighted by Crippen LogP contribution is 2.25. The molecule has 0 saturated carbocycles. The molecule has 1 aromatic heterocycles. The number of carbonyl (C=O) groups is 1. The van der Waals surface area contributed by atoms with E-state index < -0.39 is 0 Å². The van der Waals surface area contributed by atoms with Gasteiger partial charge in [0.25, 0.3) is 0 Å². The van der Waals surface area contributed by atoms with Crippen LogP contribution in [0.2, 0.25) is 0 Å². The van der Waals surface area contributed by atoms with E-state index in [4.69, 9.17) is 0 Å². The molecule has 0 aliphatic carbocycles. The Morgan fingerprint density at radius 2 is 2.31 bits per heavy atom. The van der Waals surface area contributed by atoms with Crippen molar-refractivity contribution in [1.82, 2.24) is 10.2 Å². The van der Waals surface area contributed by atoms with Crippen LogP contribution in [0.3, 0.4) is 0 Å². The number of aromatic nitrogens is 2. The topological polar surface area (TPSA) is 69.8 Å². The normalized spacial score (nSPS) is 20.8. The Morgan fingerprint density at radius 3 is 3.00 bits per heavy atom. The Kier molecular flexibility index (Phi) is 1.72. The van der Waals surface area contributed by atoms with Crippen LogP contribution in [0.5, 0.6) is 0 Å². The van der Waals surface area contributed by atoms with Gasteiger partial charge in [-0.15, -0.1) is 0 Å². The van der Waals surface area contributed by atoms with E-state index >= 15 is 0 Å². The Hall–Kier alpha value is -1.52. The van der Waals surface area contributed by atoms with E-state index in [1.165, 1.54) is 0 Å². The minimum absolute atomic E-state index is 0.00361. The van der Waals surface area contributed by atoms with Crippen molar-refractivity contribution in [2.24, 2.45) is 5.92 Å². The van der Waals surface area contributed by atoms with Crippen molar-refractivity contribution < 1.29 is 4.79 Å². The maximum Gasteiger partial charge on any atom is 0.247 e. The number of fused-ring (bicyclic) bond motifs is 1. The quantitative estimate of drug-likeness (QED) is 0.598. The van der Waals surface area contributed by atoms with E-state index in [9.17, 15) is 4.79 Å². The first-order valence-electron chi connectivity index (χ1n) is 4.29. The number of hydrogen-bond acceptors (Lipinski definition) is 3. The summed E-state index contributed by atoms with van der Waals surface area (Å²) in [4.78, 5) is 11.5. The number of aromatic amines is 1. The molecule has 5 heteroatoms. The predicted molar refractivity (Wildman–Crippen MR) is 49.5 cm³/mol. The lowest BCUT2D eigenvalue weighted by atomic mass is 10.0. The van der Waals surface area contributed by atoms with Gasteiger partial charge in [0.1, 0.15) is 17.5 Å². The van der Waals surface area contributed by atoms with Crippen LogP contribution in [0.15, 0.2) is 6.20 Å². The van der Waals surface area contributed by atoms with Crippen molar-refractivity contribution in [3.05, 3.63) is 6.20 Å². The predicted octanol–water partition coefficient (Wildman–Crippen LogP) is 0.798. The zero-order chi connectivity index (χ0) is 9.42. The molecule has 13 heavy (non-hydrogen) atoms. The fourth-order valence-corrected chi connectivity index (χ4v) is 1.39. The van der Waals surface area contributed by atoms with Crippen LogP contribution in [0.4, 0.5) is 11.5 Å². The summed E-state index contributed by atoms with van der Waals surface area (Å²) >= 11 is 0. The molecule has 3 N–H and O–H groups in total. The van der Waals surface area contributed by atoms with Gasteiger partial charge in [0.05, 0.1) is 6.20 Å². The summed E-state index contributed by atoms with van der Waals surface area (Å²) in [6.45, 7) is 4.00. The van der Waals surface area contributed by atoms with Crippen LogP contribution in [-0.2, 0) is 4.79 Å². The minimum Gasteiger partial charge on any atom is -0.357 e. The van der Waals surface area contributed by atoms with E-state index in [2.05, 4.69) is 20.8 Å². The monoisotopic (exact) mass is 180 g/mol. The van der Waals surface area contributed by atoms with E-state index in [1.807, 2.05) is 13.8 Å². The van der Waals surface area contributed by atoms with Crippen molar-refractivity contribution in [1.29, 1.82) is 0 Å². The molecular formula is C8H12N4O. The second-order valence-corrected chi connectivity index (χ2v) is 3.51. The SMILES string of the molecule is CC(C)C1Nc2[nH]ncc2NC1=O. The van der Waals surface area contributed by atoms with Gasteiger partial charge in [-0.25, -0.2) is 0 Å². The lowest BCUT2D eigenvalue weighted by Gasteiger charge is -2.26. The number of nitrogens with one attached hydrogen (secondary N) is 3. The van der Waals surface area contributed by atoms with Crippen LogP contribution in [-0.4, -0.2) is 22.1 Å². The average Bonchev–Trinajstić information content (AvgIpc) is 2.48. The number of rotatable bonds is 1. The second kappa shape index (κ2) is 2.76. The molecule has 1 aliphatic heterocycles. The van der Waals surface area contributed by atoms with Gasteiger partial charge in [0.15, 0.2) is 0 Å². The molecule has 1 aromatic rings. The number of carbonyl (C=O) groups excluding carboxylic acids is 1. The Morgan fingerprint density at radius 1 is 1.54 bits per heavy atom. The molecule has 70 valence electrons. The highest BCUT2D eigenvalue weighted by Gasteiger charge is 2.28. The summed E-state index contributed by atoms with van der Waals surface area (Å²) < 4.78 is 0. The first-order valence-corrected chi connectivity index (χ1v) is 4.29. The Labute approximate surface area is 75.9 Å². The molecular weight excluding hydrogens is 168 g/mol. The average molecular weight is 180 g/mol. The smallest absolute Gasteiger partial charge is 0.247 e. The van der Waals surface area contributed by atoms with Gasteiger partial charge < -0.3 is 10.6 Å². The fourth-order valence-electron chi connectivity index (χ4n) is 1.39.